The number of carbonyl (C=O) groups is 2. The molecule has 0 radical (unpaired) electrons. The van der Waals surface area contributed by atoms with E-state index in [4.69, 9.17) is 4.52 Å². The number of likely N-dealkylation sites (N-methyl/N-ethyl adjacent to an activating group) is 1. The van der Waals surface area contributed by atoms with Crippen molar-refractivity contribution >= 4 is 27.5 Å². The summed E-state index contributed by atoms with van der Waals surface area (Å²) in [4.78, 5) is 32.2. The highest BCUT2D eigenvalue weighted by molar-refractivity contribution is 7.88. The van der Waals surface area contributed by atoms with Crippen LogP contribution in [0, 0.1) is 13.8 Å². The average Bonchev–Trinajstić information content (AvgIpc) is 3.32. The largest absolute Gasteiger partial charge is 0.339 e. The van der Waals surface area contributed by atoms with Crippen molar-refractivity contribution in [3.63, 3.8) is 0 Å². The maximum Gasteiger partial charge on any atom is 0.250 e. The van der Waals surface area contributed by atoms with Crippen LogP contribution in [-0.4, -0.2) is 116 Å². The van der Waals surface area contributed by atoms with Crippen molar-refractivity contribution in [2.75, 3.05) is 70.6 Å². The lowest BCUT2D eigenvalue weighted by molar-refractivity contribution is -0.146. The van der Waals surface area contributed by atoms with Gasteiger partial charge in [-0.2, -0.15) is 9.29 Å². The van der Waals surface area contributed by atoms with E-state index in [0.29, 0.717) is 51.0 Å². The summed E-state index contributed by atoms with van der Waals surface area (Å²) < 4.78 is 30.0. The highest BCUT2D eigenvalue weighted by Gasteiger charge is 2.27. The lowest BCUT2D eigenvalue weighted by atomic mass is 10.1. The minimum absolute atomic E-state index is 0.0336. The van der Waals surface area contributed by atoms with Gasteiger partial charge in [0, 0.05) is 70.5 Å². The van der Waals surface area contributed by atoms with Crippen molar-refractivity contribution in [3.8, 4) is 11.4 Å². The molecule has 0 spiro atoms. The van der Waals surface area contributed by atoms with E-state index in [1.54, 1.807) is 18.9 Å². The smallest absolute Gasteiger partial charge is 0.250 e. The molecule has 1 aliphatic heterocycles. The van der Waals surface area contributed by atoms with Gasteiger partial charge in [0.2, 0.25) is 27.6 Å². The summed E-state index contributed by atoms with van der Waals surface area (Å²) in [6, 6.07) is 5.95. The Morgan fingerprint density at radius 1 is 1.10 bits per heavy atom. The van der Waals surface area contributed by atoms with Crippen LogP contribution in [0.2, 0.25) is 0 Å². The minimum Gasteiger partial charge on any atom is -0.339 e. The number of sulfonamides is 1. The Balaban J connectivity index is 1.63. The zero-order chi connectivity index (χ0) is 28.7. The summed E-state index contributed by atoms with van der Waals surface area (Å²) in [5.41, 5.74) is 2.39. The standard InChI is InChI=1S/C25H40N8O5S/c1-18(2)27-9-10-33(22-15-21(8-7-19(22)3)25-28-20(4)38-29-25)24(35)17-26-16-23(34)30(5)31-11-13-32(14-12-31)39(6,36)37/h7-8,15,18,26-27H,9-14,16-17H2,1-6H3. The molecule has 2 heterocycles. The van der Waals surface area contributed by atoms with Crippen LogP contribution in [0.3, 0.4) is 0 Å². The molecule has 0 atom stereocenters. The third-order valence-corrected chi connectivity index (χ3v) is 7.80. The second-order valence-electron chi connectivity index (χ2n) is 9.93. The number of rotatable bonds is 12. The van der Waals surface area contributed by atoms with Gasteiger partial charge in [0.25, 0.3) is 5.91 Å². The lowest BCUT2D eigenvalue weighted by Crippen LogP contribution is -2.56. The number of hydrogen-bond acceptors (Lipinski definition) is 10. The zero-order valence-electron chi connectivity index (χ0n) is 23.6. The van der Waals surface area contributed by atoms with Gasteiger partial charge in [0.1, 0.15) is 0 Å². The number of aromatic nitrogens is 2. The fraction of sp³-hybridized carbons (Fsp3) is 0.600. The summed E-state index contributed by atoms with van der Waals surface area (Å²) in [5, 5.41) is 13.6. The van der Waals surface area contributed by atoms with Gasteiger partial charge in [0.05, 0.1) is 19.3 Å². The van der Waals surface area contributed by atoms with Gasteiger partial charge in [-0.05, 0) is 18.6 Å². The number of anilines is 1. The summed E-state index contributed by atoms with van der Waals surface area (Å²) in [7, 11) is -1.60. The molecule has 0 unspecified atom stereocenters. The molecule has 3 rings (SSSR count). The van der Waals surface area contributed by atoms with Crippen molar-refractivity contribution in [2.45, 2.75) is 33.7 Å². The van der Waals surface area contributed by atoms with Gasteiger partial charge < -0.3 is 14.7 Å². The molecule has 13 nitrogen and oxygen atoms in total. The highest BCUT2D eigenvalue weighted by atomic mass is 32.2. The number of nitrogens with one attached hydrogen (secondary N) is 2. The Morgan fingerprint density at radius 2 is 1.77 bits per heavy atom. The number of hydrogen-bond donors (Lipinski definition) is 2. The van der Waals surface area contributed by atoms with E-state index in [1.807, 2.05) is 44.0 Å². The molecular formula is C25H40N8O5S. The maximum absolute atomic E-state index is 13.4. The number of nitrogens with zero attached hydrogens (tertiary/aromatic N) is 6. The van der Waals surface area contributed by atoms with Crippen LogP contribution < -0.4 is 15.5 Å². The second kappa shape index (κ2) is 13.4. The molecule has 0 aliphatic carbocycles. The summed E-state index contributed by atoms with van der Waals surface area (Å²) >= 11 is 0. The Kier molecular flexibility index (Phi) is 10.6. The number of hydrazine groups is 1. The van der Waals surface area contributed by atoms with Crippen LogP contribution in [-0.2, 0) is 19.6 Å². The first-order chi connectivity index (χ1) is 18.4. The van der Waals surface area contributed by atoms with Crippen LogP contribution in [0.1, 0.15) is 25.3 Å². The second-order valence-corrected chi connectivity index (χ2v) is 11.9. The predicted octanol–water partition coefficient (Wildman–Crippen LogP) is 0.225. The molecule has 1 fully saturated rings. The maximum atomic E-state index is 13.4. The molecule has 39 heavy (non-hydrogen) atoms. The molecule has 2 N–H and O–H groups in total. The molecule has 1 aromatic heterocycles. The molecule has 216 valence electrons. The SMILES string of the molecule is Cc1nc(-c2ccc(C)c(N(CCNC(C)C)C(=O)CNCC(=O)N(C)N3CCN(S(C)(=O)=O)CC3)c2)no1. The van der Waals surface area contributed by atoms with Crippen LogP contribution in [0.25, 0.3) is 11.4 Å². The monoisotopic (exact) mass is 564 g/mol. The number of benzene rings is 1. The van der Waals surface area contributed by atoms with Crippen LogP contribution in [0.15, 0.2) is 22.7 Å². The van der Waals surface area contributed by atoms with Crippen LogP contribution in [0.5, 0.6) is 0 Å². The quantitative estimate of drug-likeness (QED) is 0.367. The molecular weight excluding hydrogens is 524 g/mol. The van der Waals surface area contributed by atoms with Crippen molar-refractivity contribution in [3.05, 3.63) is 29.7 Å². The number of piperazine rings is 1. The van der Waals surface area contributed by atoms with E-state index in [9.17, 15) is 18.0 Å². The van der Waals surface area contributed by atoms with E-state index in [-0.39, 0.29) is 30.9 Å². The molecule has 0 bridgehead atoms. The Hall–Kier alpha value is -2.91. The van der Waals surface area contributed by atoms with Crippen LogP contribution >= 0.6 is 0 Å². The number of aryl methyl sites for hydroxylation is 2. The summed E-state index contributed by atoms with van der Waals surface area (Å²) in [6.45, 7) is 10.2. The number of amides is 2. The topological polar surface area (TPSA) is 144 Å². The highest BCUT2D eigenvalue weighted by Crippen LogP contribution is 2.26. The van der Waals surface area contributed by atoms with E-state index in [0.717, 1.165) is 16.8 Å². The molecule has 2 aromatic rings. The van der Waals surface area contributed by atoms with E-state index in [1.165, 1.54) is 15.6 Å². The molecule has 1 aliphatic rings. The van der Waals surface area contributed by atoms with Gasteiger partial charge in [-0.15, -0.1) is 0 Å². The fourth-order valence-corrected chi connectivity index (χ4v) is 5.08. The van der Waals surface area contributed by atoms with Crippen LogP contribution in [0.4, 0.5) is 5.69 Å². The first kappa shape index (κ1) is 30.6. The molecule has 2 amide bonds. The van der Waals surface area contributed by atoms with Crippen molar-refractivity contribution in [1.29, 1.82) is 0 Å². The van der Waals surface area contributed by atoms with Gasteiger partial charge >= 0.3 is 0 Å². The van der Waals surface area contributed by atoms with Gasteiger partial charge in [0.15, 0.2) is 0 Å². The third-order valence-electron chi connectivity index (χ3n) is 6.50. The minimum atomic E-state index is -3.25. The summed E-state index contributed by atoms with van der Waals surface area (Å²) in [5.74, 6) is 0.513. The lowest BCUT2D eigenvalue weighted by Gasteiger charge is -2.38. The third kappa shape index (κ3) is 8.54. The van der Waals surface area contributed by atoms with Gasteiger partial charge in [-0.25, -0.2) is 13.4 Å². The normalized spacial score (nSPS) is 15.1. The van der Waals surface area contributed by atoms with Gasteiger partial charge in [-0.3, -0.25) is 19.9 Å². The fourth-order valence-electron chi connectivity index (χ4n) is 4.25. The summed E-state index contributed by atoms with van der Waals surface area (Å²) in [6.07, 6.45) is 1.19. The van der Waals surface area contributed by atoms with E-state index < -0.39 is 10.0 Å². The Bertz CT molecular complexity index is 1240. The number of carbonyl (C=O) groups excluding carboxylic acids is 2. The average molecular weight is 565 g/mol. The van der Waals surface area contributed by atoms with E-state index >= 15 is 0 Å². The molecule has 14 heteroatoms. The van der Waals surface area contributed by atoms with Crippen molar-refractivity contribution in [2.24, 2.45) is 0 Å². The van der Waals surface area contributed by atoms with E-state index in [2.05, 4.69) is 20.8 Å². The first-order valence-electron chi connectivity index (χ1n) is 13.0. The Labute approximate surface area is 230 Å². The predicted molar refractivity (Wildman–Crippen MR) is 148 cm³/mol. The molecule has 1 aromatic carbocycles. The first-order valence-corrected chi connectivity index (χ1v) is 14.8. The Morgan fingerprint density at radius 3 is 2.36 bits per heavy atom. The molecule has 1 saturated heterocycles. The van der Waals surface area contributed by atoms with Crippen molar-refractivity contribution in [1.82, 2.24) is 35.1 Å². The zero-order valence-corrected chi connectivity index (χ0v) is 24.4. The molecule has 0 saturated carbocycles. The van der Waals surface area contributed by atoms with Crippen molar-refractivity contribution < 1.29 is 22.5 Å². The van der Waals surface area contributed by atoms with Gasteiger partial charge in [-0.1, -0.05) is 31.1 Å².